The van der Waals surface area contributed by atoms with E-state index in [2.05, 4.69) is 70.0 Å². The molecule has 0 unspecified atom stereocenters. The normalized spacial score (nSPS) is 14.2. The molecule has 0 saturated heterocycles. The molecule has 0 aliphatic heterocycles. The average Bonchev–Trinajstić information content (AvgIpc) is 3.27. The monoisotopic (exact) mass is 482 g/mol. The van der Waals surface area contributed by atoms with Gasteiger partial charge in [-0.2, -0.15) is 5.10 Å². The lowest BCUT2D eigenvalue weighted by molar-refractivity contribution is -0.121. The van der Waals surface area contributed by atoms with Gasteiger partial charge in [-0.3, -0.25) is 9.48 Å². The van der Waals surface area contributed by atoms with E-state index in [0.29, 0.717) is 6.54 Å². The number of aryl methyl sites for hydroxylation is 1. The first-order chi connectivity index (χ1) is 17.7. The minimum atomic E-state index is -0.0459. The largest absolute Gasteiger partial charge is 0.353 e. The molecule has 4 aromatic rings. The van der Waals surface area contributed by atoms with E-state index < -0.39 is 0 Å². The van der Waals surface area contributed by atoms with Crippen molar-refractivity contribution in [2.45, 2.75) is 45.6 Å². The highest BCUT2D eigenvalue weighted by molar-refractivity contribution is 5.96. The lowest BCUT2D eigenvalue weighted by Crippen LogP contribution is -2.35. The summed E-state index contributed by atoms with van der Waals surface area (Å²) in [7, 11) is 0. The third kappa shape index (κ3) is 5.79. The molecule has 7 heteroatoms. The summed E-state index contributed by atoms with van der Waals surface area (Å²) >= 11 is 0. The van der Waals surface area contributed by atoms with Gasteiger partial charge < -0.3 is 10.6 Å². The molecule has 1 aliphatic rings. The Bertz CT molecular complexity index is 1290. The van der Waals surface area contributed by atoms with Crippen LogP contribution in [0.15, 0.2) is 61.2 Å². The molecule has 0 atom stereocenters. The predicted octanol–water partition coefficient (Wildman–Crippen LogP) is 4.75. The van der Waals surface area contributed by atoms with Gasteiger partial charge in [0.25, 0.3) is 0 Å². The highest BCUT2D eigenvalue weighted by atomic mass is 16.2. The molecule has 1 fully saturated rings. The summed E-state index contributed by atoms with van der Waals surface area (Å²) in [6, 6.07) is 14.7. The summed E-state index contributed by atoms with van der Waals surface area (Å²) < 4.78 is 1.79. The highest BCUT2D eigenvalue weighted by Gasteiger charge is 2.16. The second kappa shape index (κ2) is 11.4. The van der Waals surface area contributed by atoms with Crippen molar-refractivity contribution < 1.29 is 4.79 Å². The molecule has 1 amide bonds. The fourth-order valence-corrected chi connectivity index (χ4v) is 5.03. The Morgan fingerprint density at radius 1 is 0.944 bits per heavy atom. The molecule has 0 bridgehead atoms. The number of benzene rings is 2. The minimum Gasteiger partial charge on any atom is -0.353 e. The van der Waals surface area contributed by atoms with Crippen LogP contribution < -0.4 is 10.6 Å². The van der Waals surface area contributed by atoms with Crippen LogP contribution in [0.25, 0.3) is 33.3 Å². The predicted molar refractivity (Wildman–Crippen MR) is 143 cm³/mol. The number of hydrogen-bond acceptors (Lipinski definition) is 5. The van der Waals surface area contributed by atoms with E-state index in [0.717, 1.165) is 52.3 Å². The Kier molecular flexibility index (Phi) is 7.67. The Morgan fingerprint density at radius 2 is 1.69 bits per heavy atom. The lowest BCUT2D eigenvalue weighted by atomic mass is 9.89. The Balaban J connectivity index is 1.31. The van der Waals surface area contributed by atoms with Crippen LogP contribution in [0.5, 0.6) is 0 Å². The van der Waals surface area contributed by atoms with Crippen LogP contribution in [0.3, 0.4) is 0 Å². The van der Waals surface area contributed by atoms with Crippen molar-refractivity contribution in [2.75, 3.05) is 19.6 Å². The van der Waals surface area contributed by atoms with Crippen molar-refractivity contribution in [2.24, 2.45) is 5.92 Å². The smallest absolute Gasteiger partial charge is 0.241 e. The maximum absolute atomic E-state index is 12.8. The van der Waals surface area contributed by atoms with Crippen molar-refractivity contribution in [1.29, 1.82) is 0 Å². The van der Waals surface area contributed by atoms with Crippen LogP contribution in [-0.2, 0) is 11.3 Å². The number of fused-ring (bicyclic) bond motifs is 1. The Morgan fingerprint density at radius 3 is 2.47 bits per heavy atom. The zero-order valence-corrected chi connectivity index (χ0v) is 20.9. The molecule has 1 aliphatic carbocycles. The fourth-order valence-electron chi connectivity index (χ4n) is 5.03. The van der Waals surface area contributed by atoms with Crippen molar-refractivity contribution in [3.63, 3.8) is 0 Å². The Hall–Kier alpha value is -3.58. The summed E-state index contributed by atoms with van der Waals surface area (Å²) in [4.78, 5) is 21.1. The van der Waals surface area contributed by atoms with E-state index in [1.807, 2.05) is 0 Å². The number of hydrogen-bond donors (Lipinski definition) is 2. The standard InChI is InChI=1S/C29H34N6O/c1-21-7-9-23(10-8-21)24-11-12-26-27(15-24)35(34-29(26)25-17-31-20-32-18-25)19-28(36)33-14-13-30-16-22-5-3-2-4-6-22/h7-12,15,17-18,20,22,30H,2-6,13-14,16,19H2,1H3,(H,33,36). The van der Waals surface area contributed by atoms with Crippen molar-refractivity contribution in [3.05, 3.63) is 66.7 Å². The van der Waals surface area contributed by atoms with E-state index in [4.69, 9.17) is 5.10 Å². The van der Waals surface area contributed by atoms with Gasteiger partial charge in [-0.05, 0) is 55.5 Å². The van der Waals surface area contributed by atoms with Gasteiger partial charge in [0.1, 0.15) is 18.6 Å². The summed E-state index contributed by atoms with van der Waals surface area (Å²) in [5.74, 6) is 0.739. The van der Waals surface area contributed by atoms with Crippen molar-refractivity contribution >= 4 is 16.8 Å². The second-order valence-electron chi connectivity index (χ2n) is 9.79. The number of carbonyl (C=O) groups is 1. The van der Waals surface area contributed by atoms with Gasteiger partial charge in [0, 0.05) is 36.4 Å². The van der Waals surface area contributed by atoms with Crippen molar-refractivity contribution in [3.8, 4) is 22.4 Å². The van der Waals surface area contributed by atoms with Crippen LogP contribution in [0.4, 0.5) is 0 Å². The number of aromatic nitrogens is 4. The van der Waals surface area contributed by atoms with Gasteiger partial charge in [0.15, 0.2) is 0 Å². The van der Waals surface area contributed by atoms with Gasteiger partial charge in [-0.15, -0.1) is 0 Å². The van der Waals surface area contributed by atoms with E-state index in [-0.39, 0.29) is 12.5 Å². The highest BCUT2D eigenvalue weighted by Crippen LogP contribution is 2.31. The first-order valence-corrected chi connectivity index (χ1v) is 13.0. The molecule has 2 aromatic heterocycles. The van der Waals surface area contributed by atoms with Crippen LogP contribution in [0.2, 0.25) is 0 Å². The van der Waals surface area contributed by atoms with Crippen LogP contribution in [-0.4, -0.2) is 45.3 Å². The SMILES string of the molecule is Cc1ccc(-c2ccc3c(-c4cncnc4)nn(CC(=O)NCCNCC4CCCCC4)c3c2)cc1. The molecule has 2 N–H and O–H groups in total. The van der Waals surface area contributed by atoms with Gasteiger partial charge >= 0.3 is 0 Å². The summed E-state index contributed by atoms with van der Waals surface area (Å²) in [5.41, 5.74) is 5.97. The molecule has 186 valence electrons. The Labute approximate surface area is 212 Å². The third-order valence-corrected chi connectivity index (χ3v) is 7.05. The number of nitrogens with zero attached hydrogens (tertiary/aromatic N) is 4. The zero-order valence-electron chi connectivity index (χ0n) is 20.9. The quantitative estimate of drug-likeness (QED) is 0.336. The van der Waals surface area contributed by atoms with Crippen LogP contribution in [0.1, 0.15) is 37.7 Å². The van der Waals surface area contributed by atoms with E-state index in [9.17, 15) is 4.79 Å². The van der Waals surface area contributed by atoms with E-state index in [1.165, 1.54) is 44.0 Å². The number of amides is 1. The first-order valence-electron chi connectivity index (χ1n) is 13.0. The van der Waals surface area contributed by atoms with E-state index >= 15 is 0 Å². The molecule has 36 heavy (non-hydrogen) atoms. The molecule has 1 saturated carbocycles. The number of nitrogens with one attached hydrogen (secondary N) is 2. The van der Waals surface area contributed by atoms with Gasteiger partial charge in [0.2, 0.25) is 5.91 Å². The lowest BCUT2D eigenvalue weighted by Gasteiger charge is -2.21. The zero-order chi connectivity index (χ0) is 24.7. The molecule has 2 heterocycles. The molecular weight excluding hydrogens is 448 g/mol. The maximum Gasteiger partial charge on any atom is 0.241 e. The average molecular weight is 483 g/mol. The topological polar surface area (TPSA) is 84.7 Å². The minimum absolute atomic E-state index is 0.0459. The number of carbonyl (C=O) groups excluding carboxylic acids is 1. The summed E-state index contributed by atoms with van der Waals surface area (Å²) in [6.07, 6.45) is 11.7. The first kappa shape index (κ1) is 24.1. The summed E-state index contributed by atoms with van der Waals surface area (Å²) in [6.45, 7) is 4.68. The molecule has 0 spiro atoms. The molecule has 0 radical (unpaired) electrons. The third-order valence-electron chi connectivity index (χ3n) is 7.05. The molecule has 7 nitrogen and oxygen atoms in total. The second-order valence-corrected chi connectivity index (χ2v) is 9.79. The molecular formula is C29H34N6O. The van der Waals surface area contributed by atoms with Gasteiger partial charge in [-0.1, -0.05) is 55.2 Å². The molecule has 5 rings (SSSR count). The molecule has 2 aromatic carbocycles. The summed E-state index contributed by atoms with van der Waals surface area (Å²) in [5, 5.41) is 12.3. The van der Waals surface area contributed by atoms with Crippen molar-refractivity contribution in [1.82, 2.24) is 30.4 Å². The van der Waals surface area contributed by atoms with Crippen LogP contribution >= 0.6 is 0 Å². The van der Waals surface area contributed by atoms with Gasteiger partial charge in [-0.25, -0.2) is 9.97 Å². The number of rotatable bonds is 9. The maximum atomic E-state index is 12.8. The van der Waals surface area contributed by atoms with E-state index in [1.54, 1.807) is 17.1 Å². The van der Waals surface area contributed by atoms with Crippen LogP contribution in [0, 0.1) is 12.8 Å². The fraction of sp³-hybridized carbons (Fsp3) is 0.379. The van der Waals surface area contributed by atoms with Gasteiger partial charge in [0.05, 0.1) is 5.52 Å².